The molecule has 3 N–H and O–H groups in total. The molecule has 1 aromatic rings. The van der Waals surface area contributed by atoms with Crippen molar-refractivity contribution in [3.05, 3.63) is 35.4 Å². The summed E-state index contributed by atoms with van der Waals surface area (Å²) in [7, 11) is -1.39. The first kappa shape index (κ1) is 27.7. The molecule has 0 aliphatic heterocycles. The fourth-order valence-electron chi connectivity index (χ4n) is 4.25. The smallest absolute Gasteiger partial charge is 0.410 e. The molecule has 0 spiro atoms. The van der Waals surface area contributed by atoms with E-state index in [1.807, 2.05) is 0 Å². The van der Waals surface area contributed by atoms with Crippen LogP contribution in [0.1, 0.15) is 49.7 Å². The molecule has 0 saturated heterocycles. The SMILES string of the molecule is C[Si](C)(C)CCOC(=O)N(Cc1ccc(C#N)cc1)C[C@@H](O)[C@H](CC1CCCCC1)NC(=O)O. The van der Waals surface area contributed by atoms with Crippen molar-refractivity contribution in [2.45, 2.75) is 82.9 Å². The Morgan fingerprint density at radius 3 is 2.41 bits per heavy atom. The number of carbonyl (C=O) groups excluding carboxylic acids is 1. The fourth-order valence-corrected chi connectivity index (χ4v) is 4.96. The Labute approximate surface area is 203 Å². The number of amides is 2. The lowest BCUT2D eigenvalue weighted by atomic mass is 9.83. The number of aliphatic hydroxyl groups is 1. The molecule has 1 saturated carbocycles. The average Bonchev–Trinajstić information content (AvgIpc) is 2.78. The van der Waals surface area contributed by atoms with Crippen LogP contribution < -0.4 is 5.32 Å². The van der Waals surface area contributed by atoms with Crippen molar-refractivity contribution in [2.75, 3.05) is 13.2 Å². The van der Waals surface area contributed by atoms with Crippen LogP contribution in [0.4, 0.5) is 9.59 Å². The average molecular weight is 490 g/mol. The molecule has 9 heteroatoms. The molecule has 0 heterocycles. The molecule has 0 unspecified atom stereocenters. The standard InChI is InChI=1S/C25H39N3O5Si/c1-34(2,3)14-13-33-25(32)28(17-21-11-9-20(16-26)10-12-21)18-23(29)22(27-24(30)31)15-19-7-5-4-6-8-19/h9-12,19,22-23,27,29H,4-8,13-15,17-18H2,1-3H3,(H,30,31)/t22-,23+/m0/s1. The van der Waals surface area contributed by atoms with Crippen molar-refractivity contribution < 1.29 is 24.5 Å². The topological polar surface area (TPSA) is 123 Å². The van der Waals surface area contributed by atoms with E-state index >= 15 is 0 Å². The minimum Gasteiger partial charge on any atom is -0.465 e. The lowest BCUT2D eigenvalue weighted by Crippen LogP contribution is -2.50. The van der Waals surface area contributed by atoms with Gasteiger partial charge in [-0.2, -0.15) is 5.26 Å². The monoisotopic (exact) mass is 489 g/mol. The fraction of sp³-hybridized carbons (Fsp3) is 0.640. The van der Waals surface area contributed by atoms with Crippen LogP contribution in [0.3, 0.4) is 0 Å². The van der Waals surface area contributed by atoms with E-state index < -0.39 is 32.4 Å². The molecule has 1 aliphatic carbocycles. The van der Waals surface area contributed by atoms with Gasteiger partial charge in [-0.25, -0.2) is 9.59 Å². The molecule has 1 aromatic carbocycles. The van der Waals surface area contributed by atoms with Gasteiger partial charge in [0.2, 0.25) is 0 Å². The highest BCUT2D eigenvalue weighted by Gasteiger charge is 2.29. The van der Waals surface area contributed by atoms with E-state index in [-0.39, 0.29) is 13.1 Å². The molecule has 1 aliphatic rings. The maximum Gasteiger partial charge on any atom is 0.410 e. The van der Waals surface area contributed by atoms with Crippen molar-refractivity contribution in [1.29, 1.82) is 5.26 Å². The summed E-state index contributed by atoms with van der Waals surface area (Å²) in [6, 6.07) is 9.12. The molecule has 0 aromatic heterocycles. The molecule has 34 heavy (non-hydrogen) atoms. The number of benzene rings is 1. The summed E-state index contributed by atoms with van der Waals surface area (Å²) in [5, 5.41) is 31.8. The normalized spacial score (nSPS) is 16.2. The first-order valence-corrected chi connectivity index (χ1v) is 15.9. The van der Waals surface area contributed by atoms with Crippen LogP contribution in [0, 0.1) is 17.2 Å². The molecule has 0 radical (unpaired) electrons. The zero-order valence-electron chi connectivity index (χ0n) is 20.6. The molecule has 2 rings (SSSR count). The molecule has 2 atom stereocenters. The van der Waals surface area contributed by atoms with Crippen molar-refractivity contribution >= 4 is 20.3 Å². The van der Waals surface area contributed by atoms with E-state index in [9.17, 15) is 19.8 Å². The summed E-state index contributed by atoms with van der Waals surface area (Å²) in [6.45, 7) is 7.06. The van der Waals surface area contributed by atoms with Gasteiger partial charge in [-0.15, -0.1) is 0 Å². The Bertz CT molecular complexity index is 828. The van der Waals surface area contributed by atoms with Gasteiger partial charge in [-0.1, -0.05) is 63.9 Å². The number of aliphatic hydroxyl groups excluding tert-OH is 1. The molecular formula is C25H39N3O5Si. The summed E-state index contributed by atoms with van der Waals surface area (Å²) >= 11 is 0. The van der Waals surface area contributed by atoms with E-state index in [0.717, 1.165) is 37.3 Å². The Morgan fingerprint density at radius 2 is 1.85 bits per heavy atom. The quantitative estimate of drug-likeness (QED) is 0.384. The predicted molar refractivity (Wildman–Crippen MR) is 133 cm³/mol. The van der Waals surface area contributed by atoms with Crippen LogP contribution in [-0.2, 0) is 11.3 Å². The molecule has 8 nitrogen and oxygen atoms in total. The summed E-state index contributed by atoms with van der Waals surface area (Å²) in [5.41, 5.74) is 1.31. The summed E-state index contributed by atoms with van der Waals surface area (Å²) < 4.78 is 5.53. The van der Waals surface area contributed by atoms with Gasteiger partial charge >= 0.3 is 12.2 Å². The third-order valence-electron chi connectivity index (χ3n) is 6.29. The minimum absolute atomic E-state index is 0.0521. The predicted octanol–water partition coefficient (Wildman–Crippen LogP) is 4.80. The highest BCUT2D eigenvalue weighted by Crippen LogP contribution is 2.28. The second-order valence-corrected chi connectivity index (χ2v) is 16.1. The van der Waals surface area contributed by atoms with Gasteiger partial charge < -0.3 is 25.2 Å². The highest BCUT2D eigenvalue weighted by atomic mass is 28.3. The van der Waals surface area contributed by atoms with E-state index in [1.165, 1.54) is 11.3 Å². The van der Waals surface area contributed by atoms with Gasteiger partial charge in [-0.05, 0) is 36.1 Å². The van der Waals surface area contributed by atoms with Crippen molar-refractivity contribution in [3.8, 4) is 6.07 Å². The number of hydrogen-bond acceptors (Lipinski definition) is 5. The van der Waals surface area contributed by atoms with Crippen LogP contribution in [0.5, 0.6) is 0 Å². The number of ether oxygens (including phenoxy) is 1. The minimum atomic E-state index is -1.39. The Kier molecular flexibility index (Phi) is 10.9. The maximum atomic E-state index is 12.9. The zero-order chi connectivity index (χ0) is 25.1. The van der Waals surface area contributed by atoms with E-state index in [1.54, 1.807) is 24.3 Å². The van der Waals surface area contributed by atoms with Crippen molar-refractivity contribution in [2.24, 2.45) is 5.92 Å². The molecular weight excluding hydrogens is 450 g/mol. The van der Waals surface area contributed by atoms with Crippen LogP contribution in [-0.4, -0.2) is 60.7 Å². The third kappa shape index (κ3) is 10.1. The van der Waals surface area contributed by atoms with Crippen molar-refractivity contribution in [1.82, 2.24) is 10.2 Å². The van der Waals surface area contributed by atoms with Gasteiger partial charge in [0.1, 0.15) is 0 Å². The second kappa shape index (κ2) is 13.3. The van der Waals surface area contributed by atoms with Crippen LogP contribution in [0.2, 0.25) is 25.7 Å². The lowest BCUT2D eigenvalue weighted by Gasteiger charge is -2.32. The van der Waals surface area contributed by atoms with Crippen molar-refractivity contribution in [3.63, 3.8) is 0 Å². The van der Waals surface area contributed by atoms with E-state index in [2.05, 4.69) is 31.0 Å². The number of hydrogen-bond donors (Lipinski definition) is 3. The number of rotatable bonds is 11. The van der Waals surface area contributed by atoms with Crippen LogP contribution in [0.25, 0.3) is 0 Å². The number of nitriles is 1. The second-order valence-electron chi connectivity index (χ2n) is 10.5. The lowest BCUT2D eigenvalue weighted by molar-refractivity contribution is 0.0505. The van der Waals surface area contributed by atoms with Crippen LogP contribution >= 0.6 is 0 Å². The van der Waals surface area contributed by atoms with E-state index in [0.29, 0.717) is 24.5 Å². The summed E-state index contributed by atoms with van der Waals surface area (Å²) in [6.07, 6.45) is 3.24. The number of nitrogens with zero attached hydrogens (tertiary/aromatic N) is 2. The molecule has 188 valence electrons. The maximum absolute atomic E-state index is 12.9. The number of nitrogens with one attached hydrogen (secondary N) is 1. The largest absolute Gasteiger partial charge is 0.465 e. The van der Waals surface area contributed by atoms with Gasteiger partial charge in [-0.3, -0.25) is 0 Å². The van der Waals surface area contributed by atoms with Gasteiger partial charge in [0.05, 0.1) is 36.9 Å². The number of carboxylic acid groups (broad SMARTS) is 1. The molecule has 1 fully saturated rings. The first-order valence-electron chi connectivity index (χ1n) is 12.2. The summed E-state index contributed by atoms with van der Waals surface area (Å²) in [4.78, 5) is 25.8. The Morgan fingerprint density at radius 1 is 1.21 bits per heavy atom. The summed E-state index contributed by atoms with van der Waals surface area (Å²) in [5.74, 6) is 0.357. The van der Waals surface area contributed by atoms with Gasteiger partial charge in [0.15, 0.2) is 0 Å². The zero-order valence-corrected chi connectivity index (χ0v) is 21.6. The Hall–Kier alpha value is -2.57. The number of carbonyl (C=O) groups is 2. The van der Waals surface area contributed by atoms with Gasteiger partial charge in [0.25, 0.3) is 0 Å². The van der Waals surface area contributed by atoms with Crippen LogP contribution in [0.15, 0.2) is 24.3 Å². The third-order valence-corrected chi connectivity index (χ3v) is 7.99. The van der Waals surface area contributed by atoms with E-state index in [4.69, 9.17) is 10.00 Å². The van der Waals surface area contributed by atoms with Gasteiger partial charge in [0, 0.05) is 14.6 Å². The Balaban J connectivity index is 2.12. The molecule has 2 amide bonds. The highest BCUT2D eigenvalue weighted by molar-refractivity contribution is 6.76. The first-order chi connectivity index (χ1) is 16.1. The molecule has 0 bridgehead atoms.